The highest BCUT2D eigenvalue weighted by Crippen LogP contribution is 2.43. The van der Waals surface area contributed by atoms with Crippen LogP contribution in [0.2, 0.25) is 16.6 Å². The minimum atomic E-state index is -1.95. The van der Waals surface area contributed by atoms with Gasteiger partial charge >= 0.3 is 0 Å². The highest BCUT2D eigenvalue weighted by atomic mass is 32.2. The van der Waals surface area contributed by atoms with E-state index in [1.807, 2.05) is 49.4 Å². The summed E-state index contributed by atoms with van der Waals surface area (Å²) in [4.78, 5) is 1.70. The van der Waals surface area contributed by atoms with Crippen LogP contribution in [0.3, 0.4) is 0 Å². The molecule has 0 aliphatic rings. The van der Waals surface area contributed by atoms with Gasteiger partial charge in [0.2, 0.25) is 8.32 Å². The van der Waals surface area contributed by atoms with Crippen LogP contribution >= 0.6 is 0 Å². The van der Waals surface area contributed by atoms with Crippen molar-refractivity contribution in [1.29, 1.82) is 0 Å². The molecule has 0 amide bonds. The molecule has 0 unspecified atom stereocenters. The van der Waals surface area contributed by atoms with Gasteiger partial charge in [0.05, 0.1) is 17.4 Å². The molecular weight excluding hydrogens is 368 g/mol. The van der Waals surface area contributed by atoms with Crippen molar-refractivity contribution in [1.82, 2.24) is 0 Å². The molecular formula is C23H34O2SSi. The summed E-state index contributed by atoms with van der Waals surface area (Å²) in [6, 6.07) is 15.9. The molecule has 1 atom stereocenters. The summed E-state index contributed by atoms with van der Waals surface area (Å²) in [5.74, 6) is 0. The summed E-state index contributed by atoms with van der Waals surface area (Å²) in [7, 11) is -3.15. The van der Waals surface area contributed by atoms with Gasteiger partial charge in [0.25, 0.3) is 0 Å². The minimum Gasteiger partial charge on any atom is -0.412 e. The first-order chi connectivity index (χ1) is 12.7. The third-order valence-electron chi connectivity index (χ3n) is 5.59. The molecule has 0 heterocycles. The first kappa shape index (κ1) is 22.1. The van der Waals surface area contributed by atoms with Crippen molar-refractivity contribution in [2.24, 2.45) is 0 Å². The van der Waals surface area contributed by atoms with Crippen molar-refractivity contribution in [3.05, 3.63) is 59.7 Å². The molecule has 2 aromatic rings. The number of hydrogen-bond acceptors (Lipinski definition) is 2. The zero-order chi connectivity index (χ0) is 20.2. The standard InChI is InChI=1S/C23H34O2SSi/c1-17(2)27(18(3)4,19(5)6)25-16-21-10-8-9-11-23(21)26(24)22-14-12-20(7)13-15-22/h8-15,17-19H,16H2,1-7H3/t26-/m0/s1. The molecule has 2 nitrogen and oxygen atoms in total. The van der Waals surface area contributed by atoms with E-state index >= 15 is 0 Å². The zero-order valence-electron chi connectivity index (χ0n) is 17.8. The van der Waals surface area contributed by atoms with Gasteiger partial charge in [0, 0.05) is 9.79 Å². The van der Waals surface area contributed by atoms with E-state index in [1.54, 1.807) is 0 Å². The van der Waals surface area contributed by atoms with Crippen LogP contribution in [0.25, 0.3) is 0 Å². The molecule has 2 aromatic carbocycles. The lowest BCUT2D eigenvalue weighted by Crippen LogP contribution is -2.47. The van der Waals surface area contributed by atoms with E-state index in [1.165, 1.54) is 5.56 Å². The number of benzene rings is 2. The Morgan fingerprint density at radius 3 is 1.89 bits per heavy atom. The van der Waals surface area contributed by atoms with E-state index in [0.29, 0.717) is 23.2 Å². The van der Waals surface area contributed by atoms with E-state index in [-0.39, 0.29) is 0 Å². The Labute approximate surface area is 168 Å². The lowest BCUT2D eigenvalue weighted by molar-refractivity contribution is 0.263. The van der Waals surface area contributed by atoms with Gasteiger partial charge in [-0.15, -0.1) is 0 Å². The van der Waals surface area contributed by atoms with Gasteiger partial charge in [-0.05, 0) is 47.3 Å². The van der Waals surface area contributed by atoms with E-state index in [9.17, 15) is 4.21 Å². The van der Waals surface area contributed by atoms with E-state index < -0.39 is 19.1 Å². The fourth-order valence-corrected chi connectivity index (χ4v) is 10.9. The Morgan fingerprint density at radius 1 is 0.852 bits per heavy atom. The second kappa shape index (κ2) is 9.31. The maximum Gasteiger partial charge on any atom is 0.200 e. The van der Waals surface area contributed by atoms with Crippen molar-refractivity contribution in [2.45, 2.75) is 81.5 Å². The Bertz CT molecular complexity index is 744. The van der Waals surface area contributed by atoms with Crippen LogP contribution in [0.1, 0.15) is 52.7 Å². The van der Waals surface area contributed by atoms with Gasteiger partial charge in [0.1, 0.15) is 0 Å². The monoisotopic (exact) mass is 402 g/mol. The summed E-state index contributed by atoms with van der Waals surface area (Å²) in [5, 5.41) is 0. The van der Waals surface area contributed by atoms with Gasteiger partial charge in [-0.3, -0.25) is 0 Å². The summed E-state index contributed by atoms with van der Waals surface area (Å²) in [6.07, 6.45) is 0. The van der Waals surface area contributed by atoms with Crippen molar-refractivity contribution in [3.8, 4) is 0 Å². The fourth-order valence-electron chi connectivity index (χ4n) is 4.30. The first-order valence-electron chi connectivity index (χ1n) is 9.90. The Balaban J connectivity index is 2.32. The van der Waals surface area contributed by atoms with Crippen LogP contribution in [0.15, 0.2) is 58.3 Å². The topological polar surface area (TPSA) is 26.3 Å². The predicted molar refractivity (Wildman–Crippen MR) is 118 cm³/mol. The molecule has 27 heavy (non-hydrogen) atoms. The van der Waals surface area contributed by atoms with E-state index in [0.717, 1.165) is 15.4 Å². The van der Waals surface area contributed by atoms with E-state index in [2.05, 4.69) is 47.6 Å². The molecule has 0 spiro atoms. The van der Waals surface area contributed by atoms with Gasteiger partial charge in [-0.1, -0.05) is 77.4 Å². The van der Waals surface area contributed by atoms with Gasteiger partial charge in [-0.25, -0.2) is 4.21 Å². The van der Waals surface area contributed by atoms with Crippen molar-refractivity contribution >= 4 is 19.1 Å². The number of hydrogen-bond donors (Lipinski definition) is 0. The number of rotatable bonds is 8. The predicted octanol–water partition coefficient (Wildman–Crippen LogP) is 6.85. The average molecular weight is 403 g/mol. The van der Waals surface area contributed by atoms with E-state index in [4.69, 9.17) is 4.43 Å². The number of aryl methyl sites for hydroxylation is 1. The zero-order valence-corrected chi connectivity index (χ0v) is 19.6. The van der Waals surface area contributed by atoms with Crippen LogP contribution in [-0.4, -0.2) is 12.5 Å². The van der Waals surface area contributed by atoms with Crippen molar-refractivity contribution < 1.29 is 8.63 Å². The second-order valence-corrected chi connectivity index (χ2v) is 15.2. The summed E-state index contributed by atoms with van der Waals surface area (Å²) in [5.41, 5.74) is 3.82. The van der Waals surface area contributed by atoms with Crippen LogP contribution in [-0.2, 0) is 21.8 Å². The van der Waals surface area contributed by atoms with Crippen molar-refractivity contribution in [2.75, 3.05) is 0 Å². The Kier molecular flexibility index (Phi) is 7.61. The Hall–Kier alpha value is -1.23. The third kappa shape index (κ3) is 4.79. The van der Waals surface area contributed by atoms with Crippen molar-refractivity contribution in [3.63, 3.8) is 0 Å². The smallest absolute Gasteiger partial charge is 0.200 e. The lowest BCUT2D eigenvalue weighted by Gasteiger charge is -2.42. The highest BCUT2D eigenvalue weighted by Gasteiger charge is 2.45. The first-order valence-corrected chi connectivity index (χ1v) is 13.2. The van der Waals surface area contributed by atoms with Crippen LogP contribution in [0.5, 0.6) is 0 Å². The molecule has 0 radical (unpaired) electrons. The summed E-state index contributed by atoms with van der Waals surface area (Å²) in [6.45, 7) is 16.3. The maximum atomic E-state index is 13.2. The maximum absolute atomic E-state index is 13.2. The Morgan fingerprint density at radius 2 is 1.37 bits per heavy atom. The average Bonchev–Trinajstić information content (AvgIpc) is 2.61. The molecule has 4 heteroatoms. The third-order valence-corrected chi connectivity index (χ3v) is 13.1. The fraction of sp³-hybridized carbons (Fsp3) is 0.478. The molecule has 0 bridgehead atoms. The summed E-state index contributed by atoms with van der Waals surface area (Å²) >= 11 is 0. The molecule has 0 fully saturated rings. The van der Waals surface area contributed by atoms with Crippen LogP contribution in [0.4, 0.5) is 0 Å². The quantitative estimate of drug-likeness (QED) is 0.451. The second-order valence-electron chi connectivity index (χ2n) is 8.30. The van der Waals surface area contributed by atoms with Crippen LogP contribution in [0, 0.1) is 6.92 Å². The van der Waals surface area contributed by atoms with Crippen LogP contribution < -0.4 is 0 Å². The molecule has 0 saturated heterocycles. The molecule has 148 valence electrons. The SMILES string of the molecule is Cc1ccc([S@](=O)c2ccccc2CO[Si](C(C)C)(C(C)C)C(C)C)cc1. The lowest BCUT2D eigenvalue weighted by atomic mass is 10.2. The van der Waals surface area contributed by atoms with Gasteiger partial charge in [0.15, 0.2) is 0 Å². The van der Waals surface area contributed by atoms with Gasteiger partial charge < -0.3 is 4.43 Å². The molecule has 0 aliphatic carbocycles. The molecule has 0 saturated carbocycles. The largest absolute Gasteiger partial charge is 0.412 e. The molecule has 0 aliphatic heterocycles. The molecule has 0 aromatic heterocycles. The molecule has 2 rings (SSSR count). The highest BCUT2D eigenvalue weighted by molar-refractivity contribution is 7.85. The normalized spacial score (nSPS) is 13.6. The minimum absolute atomic E-state index is 0.534. The molecule has 0 N–H and O–H groups in total. The van der Waals surface area contributed by atoms with Gasteiger partial charge in [-0.2, -0.15) is 0 Å². The summed E-state index contributed by atoms with van der Waals surface area (Å²) < 4.78 is 19.9.